The molecule has 0 unspecified atom stereocenters. The zero-order valence-electron chi connectivity index (χ0n) is 34.8. The van der Waals surface area contributed by atoms with Crippen LogP contribution >= 0.6 is 0 Å². The van der Waals surface area contributed by atoms with Crippen molar-refractivity contribution in [2.75, 3.05) is 34.4 Å². The lowest BCUT2D eigenvalue weighted by molar-refractivity contribution is -0.151. The molecule has 4 amide bonds. The van der Waals surface area contributed by atoms with Crippen LogP contribution in [0.1, 0.15) is 99.8 Å². The lowest BCUT2D eigenvalue weighted by Crippen LogP contribution is -2.48. The number of fused-ring (bicyclic) bond motifs is 3. The van der Waals surface area contributed by atoms with E-state index in [0.717, 1.165) is 73.7 Å². The van der Waals surface area contributed by atoms with Crippen LogP contribution < -0.4 is 14.7 Å². The molecule has 59 heavy (non-hydrogen) atoms. The van der Waals surface area contributed by atoms with Crippen molar-refractivity contribution in [2.45, 2.75) is 133 Å². The molecule has 314 valence electrons. The van der Waals surface area contributed by atoms with Crippen LogP contribution in [0.3, 0.4) is 0 Å². The van der Waals surface area contributed by atoms with Gasteiger partial charge in [-0.05, 0) is 92.2 Å². The number of ether oxygens (including phenoxy) is 1. The first kappa shape index (κ1) is 41.3. The highest BCUT2D eigenvalue weighted by atomic mass is 28.4. The van der Waals surface area contributed by atoms with E-state index >= 15 is 8.90 Å². The van der Waals surface area contributed by atoms with Crippen molar-refractivity contribution in [3.05, 3.63) is 89.0 Å². The minimum Gasteiger partial charge on any atom is -0.394 e. The summed E-state index contributed by atoms with van der Waals surface area (Å²) in [7, 11) is -3.62. The van der Waals surface area contributed by atoms with E-state index in [1.807, 2.05) is 83.5 Å². The van der Waals surface area contributed by atoms with Crippen LogP contribution in [0.2, 0.25) is 18.6 Å². The number of nitrogens with zero attached hydrogens (tertiary/aromatic N) is 4. The van der Waals surface area contributed by atoms with Gasteiger partial charge in [0.25, 0.3) is 5.91 Å². The standard InChI is InChI=1S/C47H59FN4O6Si/c1-32-45(59(2,3)48)41(28-44(56)51-30-35-17-11-10-16-34(35)26-38(51)31-53)58-47(32)39-27-37(50-24-13-7-5-9-20-43(50)55)21-22-40(39)52(46(47)57)29-33-15-14-18-36(25-33)49-23-12-6-4-8-19-42(49)54/h10-11,14-18,21-22,25,27,32,38,41,45,53H,4-9,12-13,19-20,23-24,26,28-31H2,1-3H3/t32-,38-,41+,45-,47+/m0/s1. The topological polar surface area (TPSA) is 111 Å². The van der Waals surface area contributed by atoms with Gasteiger partial charge in [0.1, 0.15) is 0 Å². The summed E-state index contributed by atoms with van der Waals surface area (Å²) < 4.78 is 24.0. The van der Waals surface area contributed by atoms with Crippen molar-refractivity contribution in [3.8, 4) is 0 Å². The third-order valence-corrected chi connectivity index (χ3v) is 16.2. The molecule has 1 N–H and O–H groups in total. The molecular formula is C47H59FN4O6Si. The second kappa shape index (κ2) is 16.9. The molecule has 8 rings (SSSR count). The summed E-state index contributed by atoms with van der Waals surface area (Å²) in [6.07, 6.45) is 8.11. The fourth-order valence-corrected chi connectivity index (χ4v) is 13.3. The predicted octanol–water partition coefficient (Wildman–Crippen LogP) is 7.94. The maximum atomic E-state index is 16.9. The summed E-state index contributed by atoms with van der Waals surface area (Å²) in [4.78, 5) is 63.7. The van der Waals surface area contributed by atoms with Gasteiger partial charge < -0.3 is 33.6 Å². The summed E-state index contributed by atoms with van der Waals surface area (Å²) in [5, 5.41) is 10.4. The highest BCUT2D eigenvalue weighted by Crippen LogP contribution is 2.61. The van der Waals surface area contributed by atoms with Gasteiger partial charge in [0.05, 0.1) is 37.4 Å². The van der Waals surface area contributed by atoms with E-state index in [4.69, 9.17) is 4.74 Å². The average molecular weight is 823 g/mol. The Morgan fingerprint density at radius 1 is 0.831 bits per heavy atom. The van der Waals surface area contributed by atoms with Gasteiger partial charge in [-0.25, -0.2) is 0 Å². The molecule has 0 aromatic heterocycles. The van der Waals surface area contributed by atoms with Crippen molar-refractivity contribution in [1.29, 1.82) is 0 Å². The first-order chi connectivity index (χ1) is 28.4. The lowest BCUT2D eigenvalue weighted by Gasteiger charge is -2.37. The van der Waals surface area contributed by atoms with Crippen molar-refractivity contribution < 1.29 is 33.1 Å². The molecule has 10 nitrogen and oxygen atoms in total. The number of anilines is 3. The van der Waals surface area contributed by atoms with Gasteiger partial charge in [0.2, 0.25) is 26.1 Å². The van der Waals surface area contributed by atoms with Crippen LogP contribution in [0.25, 0.3) is 0 Å². The van der Waals surface area contributed by atoms with Gasteiger partial charge in [0.15, 0.2) is 5.60 Å². The Kier molecular flexibility index (Phi) is 11.9. The predicted molar refractivity (Wildman–Crippen MR) is 229 cm³/mol. The number of rotatable bonds is 8. The number of halogens is 1. The second-order valence-corrected chi connectivity index (χ2v) is 21.8. The molecule has 0 aliphatic carbocycles. The van der Waals surface area contributed by atoms with Crippen LogP contribution in [0.5, 0.6) is 0 Å². The van der Waals surface area contributed by atoms with Gasteiger partial charge in [-0.2, -0.15) is 0 Å². The number of hydrogen-bond donors (Lipinski definition) is 1. The molecule has 0 bridgehead atoms. The molecule has 5 heterocycles. The van der Waals surface area contributed by atoms with Gasteiger partial charge in [0, 0.05) is 60.9 Å². The molecule has 5 aliphatic rings. The van der Waals surface area contributed by atoms with E-state index in [-0.39, 0.29) is 43.2 Å². The number of aliphatic hydroxyl groups is 1. The van der Waals surface area contributed by atoms with Crippen LogP contribution in [-0.4, -0.2) is 73.9 Å². The number of carbonyl (C=O) groups excluding carboxylic acids is 4. The van der Waals surface area contributed by atoms with Crippen molar-refractivity contribution >= 4 is 49.1 Å². The average Bonchev–Trinajstić information content (AvgIpc) is 3.63. The number of aliphatic hydroxyl groups excluding tert-OH is 1. The molecule has 0 radical (unpaired) electrons. The van der Waals surface area contributed by atoms with Crippen LogP contribution in [-0.2, 0) is 49.0 Å². The largest absolute Gasteiger partial charge is 0.394 e. The van der Waals surface area contributed by atoms with Gasteiger partial charge in [-0.15, -0.1) is 0 Å². The van der Waals surface area contributed by atoms with E-state index in [9.17, 15) is 19.5 Å². The zero-order chi connectivity index (χ0) is 41.5. The van der Waals surface area contributed by atoms with Gasteiger partial charge in [-0.3, -0.25) is 19.2 Å². The minimum atomic E-state index is -3.62. The van der Waals surface area contributed by atoms with E-state index in [1.165, 1.54) is 0 Å². The van der Waals surface area contributed by atoms with Crippen LogP contribution in [0.4, 0.5) is 21.2 Å². The maximum absolute atomic E-state index is 16.9. The molecular weight excluding hydrogens is 764 g/mol. The third kappa shape index (κ3) is 7.88. The summed E-state index contributed by atoms with van der Waals surface area (Å²) in [6, 6.07) is 21.0. The molecule has 3 aromatic carbocycles. The van der Waals surface area contributed by atoms with E-state index in [2.05, 4.69) is 0 Å². The molecule has 3 aromatic rings. The molecule has 3 fully saturated rings. The molecule has 12 heteroatoms. The Morgan fingerprint density at radius 2 is 1.47 bits per heavy atom. The van der Waals surface area contributed by atoms with E-state index < -0.39 is 37.6 Å². The zero-order valence-corrected chi connectivity index (χ0v) is 35.8. The molecule has 1 spiro atoms. The fraction of sp³-hybridized carbons (Fsp3) is 0.532. The summed E-state index contributed by atoms with van der Waals surface area (Å²) in [6.45, 7) is 6.69. The third-order valence-electron chi connectivity index (χ3n) is 13.7. The Morgan fingerprint density at radius 3 is 2.14 bits per heavy atom. The summed E-state index contributed by atoms with van der Waals surface area (Å²) in [5.41, 5.74) is 3.35. The Bertz CT molecular complexity index is 2090. The summed E-state index contributed by atoms with van der Waals surface area (Å²) in [5.74, 6) is -1.05. The number of hydrogen-bond acceptors (Lipinski definition) is 6. The Hall–Kier alpha value is -4.39. The fourth-order valence-electron chi connectivity index (χ4n) is 10.8. The first-order valence-electron chi connectivity index (χ1n) is 21.9. The number of carbonyl (C=O) groups is 4. The smallest absolute Gasteiger partial charge is 0.264 e. The number of amides is 4. The second-order valence-electron chi connectivity index (χ2n) is 18.0. The molecule has 0 saturated carbocycles. The van der Waals surface area contributed by atoms with Crippen LogP contribution in [0.15, 0.2) is 66.7 Å². The molecule has 5 aliphatic heterocycles. The van der Waals surface area contributed by atoms with Crippen molar-refractivity contribution in [2.24, 2.45) is 5.92 Å². The minimum absolute atomic E-state index is 0.0380. The van der Waals surface area contributed by atoms with Gasteiger partial charge in [-0.1, -0.05) is 69.0 Å². The van der Waals surface area contributed by atoms with E-state index in [0.29, 0.717) is 55.8 Å². The SMILES string of the molecule is C[C@H]1[C@H]([Si](C)(C)F)[C@@H](CC(=O)N2Cc3ccccc3C[C@H]2CO)O[C@]12C(=O)N(Cc1cccc(N3CCCCCCC3=O)c1)c1ccc(N3CCCCCCC3=O)cc12. The first-order valence-corrected chi connectivity index (χ1v) is 24.9. The summed E-state index contributed by atoms with van der Waals surface area (Å²) >= 11 is 0. The number of benzene rings is 3. The lowest BCUT2D eigenvalue weighted by atomic mass is 9.82. The highest BCUT2D eigenvalue weighted by Gasteiger charge is 2.67. The highest BCUT2D eigenvalue weighted by molar-refractivity contribution is 6.72. The molecule has 5 atom stereocenters. The monoisotopic (exact) mass is 822 g/mol. The molecule has 3 saturated heterocycles. The normalized spacial score (nSPS) is 26.7. The Balaban J connectivity index is 1.17. The van der Waals surface area contributed by atoms with Crippen molar-refractivity contribution in [3.63, 3.8) is 0 Å². The van der Waals surface area contributed by atoms with Crippen molar-refractivity contribution in [1.82, 2.24) is 4.90 Å². The Labute approximate surface area is 348 Å². The quantitative estimate of drug-likeness (QED) is 0.183. The van der Waals surface area contributed by atoms with Crippen LogP contribution in [0, 0.1) is 5.92 Å². The maximum Gasteiger partial charge on any atom is 0.264 e. The van der Waals surface area contributed by atoms with Gasteiger partial charge >= 0.3 is 0 Å². The van der Waals surface area contributed by atoms with E-state index in [1.54, 1.807) is 22.9 Å².